The number of carbonyl (C=O) groups excluding carboxylic acids is 1. The maximum Gasteiger partial charge on any atom is 0.349 e. The minimum atomic E-state index is -0.807. The van der Waals surface area contributed by atoms with Crippen LogP contribution in [-0.4, -0.2) is 10.9 Å². The molecule has 0 N–H and O–H groups in total. The molecule has 0 radical (unpaired) electrons. The number of nitrogens with zero attached hydrogens (tertiary/aromatic N) is 2. The summed E-state index contributed by atoms with van der Waals surface area (Å²) in [6.07, 6.45) is 1.22. The maximum absolute atomic E-state index is 12.0. The maximum atomic E-state index is 12.0. The van der Waals surface area contributed by atoms with E-state index in [4.69, 9.17) is 21.6 Å². The highest BCUT2D eigenvalue weighted by molar-refractivity contribution is 6.32. The number of esters is 1. The van der Waals surface area contributed by atoms with Crippen LogP contribution in [0.2, 0.25) is 5.02 Å². The van der Waals surface area contributed by atoms with Crippen LogP contribution in [0.1, 0.15) is 11.1 Å². The van der Waals surface area contributed by atoms with Gasteiger partial charge in [0.25, 0.3) is 5.69 Å². The van der Waals surface area contributed by atoms with Gasteiger partial charge in [-0.05, 0) is 23.3 Å². The molecule has 0 amide bonds. The van der Waals surface area contributed by atoms with Crippen molar-refractivity contribution >= 4 is 29.3 Å². The van der Waals surface area contributed by atoms with E-state index in [0.717, 1.165) is 5.56 Å². The van der Waals surface area contributed by atoms with E-state index in [1.807, 2.05) is 6.07 Å². The Morgan fingerprint density at radius 3 is 2.62 bits per heavy atom. The fraction of sp³-hybridized carbons (Fsp3) is 0.0588. The molecule has 0 aliphatic heterocycles. The van der Waals surface area contributed by atoms with Crippen LogP contribution >= 0.6 is 11.6 Å². The van der Waals surface area contributed by atoms with E-state index in [1.165, 1.54) is 24.3 Å². The Labute approximate surface area is 142 Å². The molecule has 24 heavy (non-hydrogen) atoms. The summed E-state index contributed by atoms with van der Waals surface area (Å²) in [4.78, 5) is 22.2. The predicted molar refractivity (Wildman–Crippen MR) is 87.9 cm³/mol. The Morgan fingerprint density at radius 1 is 1.29 bits per heavy atom. The summed E-state index contributed by atoms with van der Waals surface area (Å²) in [5.41, 5.74) is 0.521. The zero-order valence-corrected chi connectivity index (χ0v) is 13.1. The molecule has 0 spiro atoms. The highest BCUT2D eigenvalue weighted by atomic mass is 35.5. The van der Waals surface area contributed by atoms with Gasteiger partial charge in [0, 0.05) is 6.07 Å². The van der Waals surface area contributed by atoms with Gasteiger partial charge in [-0.2, -0.15) is 5.26 Å². The summed E-state index contributed by atoms with van der Waals surface area (Å²) in [6.45, 7) is 0.0272. The number of hydrogen-bond donors (Lipinski definition) is 0. The summed E-state index contributed by atoms with van der Waals surface area (Å²) >= 11 is 5.72. The van der Waals surface area contributed by atoms with Crippen molar-refractivity contribution in [1.82, 2.24) is 0 Å². The zero-order chi connectivity index (χ0) is 17.5. The van der Waals surface area contributed by atoms with E-state index in [-0.39, 0.29) is 22.9 Å². The van der Waals surface area contributed by atoms with Crippen LogP contribution in [0, 0.1) is 21.4 Å². The summed E-state index contributed by atoms with van der Waals surface area (Å²) in [7, 11) is 0. The molecule has 0 saturated carbocycles. The van der Waals surface area contributed by atoms with Crippen molar-refractivity contribution < 1.29 is 14.5 Å². The molecular formula is C17H11ClN2O4. The van der Waals surface area contributed by atoms with Gasteiger partial charge in [-0.1, -0.05) is 48.0 Å². The molecule has 2 aromatic carbocycles. The molecule has 6 nitrogen and oxygen atoms in total. The van der Waals surface area contributed by atoms with E-state index < -0.39 is 10.9 Å². The van der Waals surface area contributed by atoms with Crippen molar-refractivity contribution in [2.75, 3.05) is 0 Å². The van der Waals surface area contributed by atoms with Crippen LogP contribution in [0.15, 0.2) is 54.1 Å². The Hall–Kier alpha value is -3.17. The lowest BCUT2D eigenvalue weighted by molar-refractivity contribution is -0.384. The van der Waals surface area contributed by atoms with Gasteiger partial charge in [0.2, 0.25) is 0 Å². The van der Waals surface area contributed by atoms with Gasteiger partial charge in [-0.3, -0.25) is 10.1 Å². The fourth-order valence-electron chi connectivity index (χ4n) is 1.86. The molecule has 120 valence electrons. The first-order valence-corrected chi connectivity index (χ1v) is 7.16. The van der Waals surface area contributed by atoms with Crippen molar-refractivity contribution in [3.8, 4) is 6.07 Å². The topological polar surface area (TPSA) is 93.2 Å². The number of nitriles is 1. The Kier molecular flexibility index (Phi) is 5.66. The van der Waals surface area contributed by atoms with Crippen LogP contribution in [0.25, 0.3) is 6.08 Å². The molecule has 0 aliphatic rings. The number of ether oxygens (including phenoxy) is 1. The molecule has 0 heterocycles. The Morgan fingerprint density at radius 2 is 2.00 bits per heavy atom. The SMILES string of the molecule is N#C/C(=C\c1ccc(Cl)c([N+](=O)[O-])c1)C(=O)OCc1ccccc1. The number of nitro groups is 1. The molecule has 0 atom stereocenters. The van der Waals surface area contributed by atoms with Crippen molar-refractivity contribution in [3.05, 3.63) is 80.4 Å². The lowest BCUT2D eigenvalue weighted by atomic mass is 10.1. The molecule has 0 aliphatic carbocycles. The average molecular weight is 343 g/mol. The van der Waals surface area contributed by atoms with Gasteiger partial charge in [0.15, 0.2) is 0 Å². The third-order valence-electron chi connectivity index (χ3n) is 3.03. The quantitative estimate of drug-likeness (QED) is 0.270. The molecule has 0 unspecified atom stereocenters. The number of nitro benzene ring substituents is 1. The van der Waals surface area contributed by atoms with Crippen LogP contribution in [0.4, 0.5) is 5.69 Å². The standard InChI is InChI=1S/C17H11ClN2O4/c18-15-7-6-13(9-16(15)20(22)23)8-14(10-19)17(21)24-11-12-4-2-1-3-5-12/h1-9H,11H2/b14-8+. The molecule has 7 heteroatoms. The molecule has 0 bridgehead atoms. The van der Waals surface area contributed by atoms with Gasteiger partial charge < -0.3 is 4.74 Å². The molecule has 2 aromatic rings. The van der Waals surface area contributed by atoms with E-state index in [1.54, 1.807) is 30.3 Å². The van der Waals surface area contributed by atoms with Gasteiger partial charge in [-0.25, -0.2) is 4.79 Å². The van der Waals surface area contributed by atoms with E-state index in [0.29, 0.717) is 5.56 Å². The van der Waals surface area contributed by atoms with E-state index in [9.17, 15) is 14.9 Å². The lowest BCUT2D eigenvalue weighted by Crippen LogP contribution is -2.06. The van der Waals surface area contributed by atoms with Gasteiger partial charge in [0.1, 0.15) is 23.3 Å². The third kappa shape index (κ3) is 4.41. The number of rotatable bonds is 5. The van der Waals surface area contributed by atoms with Crippen LogP contribution < -0.4 is 0 Å². The summed E-state index contributed by atoms with van der Waals surface area (Å²) in [5, 5.41) is 19.9. The normalized spacial score (nSPS) is 10.8. The Bertz CT molecular complexity index is 841. The summed E-state index contributed by atoms with van der Waals surface area (Å²) in [6, 6.07) is 14.7. The van der Waals surface area contributed by atoms with Crippen LogP contribution in [0.3, 0.4) is 0 Å². The van der Waals surface area contributed by atoms with Gasteiger partial charge in [0.05, 0.1) is 4.92 Å². The number of carbonyl (C=O) groups is 1. The van der Waals surface area contributed by atoms with Crippen molar-refractivity contribution in [2.24, 2.45) is 0 Å². The summed E-state index contributed by atoms with van der Waals surface area (Å²) in [5.74, 6) is -0.807. The minimum absolute atomic E-state index is 0.0256. The second-order valence-electron chi connectivity index (χ2n) is 4.70. The first-order valence-electron chi connectivity index (χ1n) is 6.78. The Balaban J connectivity index is 2.17. The largest absolute Gasteiger partial charge is 0.457 e. The molecular weight excluding hydrogens is 332 g/mol. The number of hydrogen-bond acceptors (Lipinski definition) is 5. The first-order chi connectivity index (χ1) is 11.5. The number of benzene rings is 2. The average Bonchev–Trinajstić information content (AvgIpc) is 2.59. The second-order valence-corrected chi connectivity index (χ2v) is 5.11. The molecule has 0 fully saturated rings. The second kappa shape index (κ2) is 7.90. The fourth-order valence-corrected chi connectivity index (χ4v) is 2.05. The minimum Gasteiger partial charge on any atom is -0.457 e. The first kappa shape index (κ1) is 17.2. The highest BCUT2D eigenvalue weighted by Crippen LogP contribution is 2.26. The highest BCUT2D eigenvalue weighted by Gasteiger charge is 2.15. The smallest absolute Gasteiger partial charge is 0.349 e. The molecule has 0 saturated heterocycles. The van der Waals surface area contributed by atoms with E-state index >= 15 is 0 Å². The van der Waals surface area contributed by atoms with Gasteiger partial charge in [-0.15, -0.1) is 0 Å². The third-order valence-corrected chi connectivity index (χ3v) is 3.35. The molecule has 0 aromatic heterocycles. The van der Waals surface area contributed by atoms with Crippen molar-refractivity contribution in [1.29, 1.82) is 5.26 Å². The number of halogens is 1. The van der Waals surface area contributed by atoms with E-state index in [2.05, 4.69) is 0 Å². The monoisotopic (exact) mass is 342 g/mol. The van der Waals surface area contributed by atoms with Gasteiger partial charge >= 0.3 is 5.97 Å². The summed E-state index contributed by atoms with van der Waals surface area (Å²) < 4.78 is 5.07. The lowest BCUT2D eigenvalue weighted by Gasteiger charge is -2.04. The predicted octanol–water partition coefficient (Wildman–Crippen LogP) is 3.90. The van der Waals surface area contributed by atoms with Crippen LogP contribution in [-0.2, 0) is 16.1 Å². The van der Waals surface area contributed by atoms with Crippen molar-refractivity contribution in [3.63, 3.8) is 0 Å². The zero-order valence-electron chi connectivity index (χ0n) is 12.3. The molecule has 2 rings (SSSR count). The van der Waals surface area contributed by atoms with Crippen molar-refractivity contribution in [2.45, 2.75) is 6.61 Å². The van der Waals surface area contributed by atoms with Crippen LogP contribution in [0.5, 0.6) is 0 Å².